The molecule has 7 atom stereocenters. The molecule has 0 aromatic carbocycles. The van der Waals surface area contributed by atoms with Crippen LogP contribution in [0.25, 0.3) is 0 Å². The van der Waals surface area contributed by atoms with Crippen molar-refractivity contribution in [3.8, 4) is 0 Å². The summed E-state index contributed by atoms with van der Waals surface area (Å²) in [7, 11) is 0. The summed E-state index contributed by atoms with van der Waals surface area (Å²) in [6.45, 7) is 5.22. The van der Waals surface area contributed by atoms with E-state index >= 15 is 0 Å². The molecular formula is C24H34O2. The number of hydrogen-bond acceptors (Lipinski definition) is 2. The van der Waals surface area contributed by atoms with Crippen molar-refractivity contribution in [3.63, 3.8) is 0 Å². The smallest absolute Gasteiger partial charge is 0.335 e. The Hall–Kier alpha value is -1.05. The molecular weight excluding hydrogens is 320 g/mol. The average Bonchev–Trinajstić information content (AvgIpc) is 2.99. The van der Waals surface area contributed by atoms with Gasteiger partial charge in [0.1, 0.15) is 0 Å². The molecule has 2 nitrogen and oxygen atoms in total. The van der Waals surface area contributed by atoms with Gasteiger partial charge in [0, 0.05) is 6.07 Å². The number of fused-ring (bicyclic) bond motifs is 5. The normalized spacial score (nSPS) is 47.7. The Morgan fingerprint density at radius 2 is 1.73 bits per heavy atom. The van der Waals surface area contributed by atoms with Crippen LogP contribution in [0.3, 0.4) is 0 Å². The Bertz CT molecular complexity index is 715. The van der Waals surface area contributed by atoms with Crippen molar-refractivity contribution >= 4 is 0 Å². The van der Waals surface area contributed by atoms with E-state index in [2.05, 4.69) is 13.8 Å². The third kappa shape index (κ3) is 2.33. The lowest BCUT2D eigenvalue weighted by atomic mass is 9.45. The van der Waals surface area contributed by atoms with Gasteiger partial charge in [0.05, 0.1) is 6.26 Å². The van der Waals surface area contributed by atoms with Gasteiger partial charge in [-0.2, -0.15) is 0 Å². The largest absolute Gasteiger partial charge is 0.431 e. The predicted molar refractivity (Wildman–Crippen MR) is 104 cm³/mol. The Kier molecular flexibility index (Phi) is 3.92. The second-order valence-electron chi connectivity index (χ2n) is 10.5. The fourth-order valence-electron chi connectivity index (χ4n) is 8.41. The van der Waals surface area contributed by atoms with E-state index < -0.39 is 0 Å². The van der Waals surface area contributed by atoms with Crippen molar-refractivity contribution in [3.05, 3.63) is 34.4 Å². The summed E-state index contributed by atoms with van der Waals surface area (Å²) in [5, 5.41) is 0. The number of rotatable bonds is 1. The van der Waals surface area contributed by atoms with Crippen molar-refractivity contribution in [2.45, 2.75) is 84.0 Å². The molecule has 1 aromatic heterocycles. The topological polar surface area (TPSA) is 30.2 Å². The highest BCUT2D eigenvalue weighted by atomic mass is 16.4. The first-order chi connectivity index (χ1) is 12.5. The van der Waals surface area contributed by atoms with Gasteiger partial charge in [-0.05, 0) is 103 Å². The van der Waals surface area contributed by atoms with Crippen molar-refractivity contribution < 1.29 is 4.42 Å². The molecule has 0 unspecified atom stereocenters. The van der Waals surface area contributed by atoms with Crippen LogP contribution in [0.1, 0.15) is 89.5 Å². The van der Waals surface area contributed by atoms with Gasteiger partial charge in [-0.1, -0.05) is 26.7 Å². The molecule has 0 amide bonds. The van der Waals surface area contributed by atoms with Crippen LogP contribution in [0, 0.1) is 34.5 Å². The molecule has 0 saturated heterocycles. The van der Waals surface area contributed by atoms with E-state index in [-0.39, 0.29) is 5.63 Å². The summed E-state index contributed by atoms with van der Waals surface area (Å²) in [5.41, 5.74) is 2.07. The standard InChI is InChI=1S/C24H34O2/c1-23-13-4-3-5-17(23)7-8-18-20-10-9-19(16-6-11-22(25)26-15-16)24(20,2)14-12-21(18)23/h6,11,15,17-21H,3-5,7-10,12-14H2,1-2H3/t17-,18-,19+,20+,21-,23-,24+/m0/s1. The summed E-state index contributed by atoms with van der Waals surface area (Å²) < 4.78 is 5.23. The predicted octanol–water partition coefficient (Wildman–Crippen LogP) is 6.16. The second kappa shape index (κ2) is 5.97. The molecule has 1 heterocycles. The van der Waals surface area contributed by atoms with Crippen molar-refractivity contribution in [1.82, 2.24) is 0 Å². The molecule has 0 aliphatic heterocycles. The lowest BCUT2D eigenvalue weighted by Crippen LogP contribution is -2.52. The van der Waals surface area contributed by atoms with Gasteiger partial charge in [0.25, 0.3) is 0 Å². The zero-order chi connectivity index (χ0) is 17.9. The third-order valence-corrected chi connectivity index (χ3v) is 9.71. The molecule has 4 fully saturated rings. The molecule has 4 aliphatic carbocycles. The summed E-state index contributed by atoms with van der Waals surface area (Å²) in [6.07, 6.45) is 16.1. The molecule has 142 valence electrons. The minimum Gasteiger partial charge on any atom is -0.431 e. The average molecular weight is 355 g/mol. The SMILES string of the molecule is C[C@]12CCCC[C@H]1CC[C@H]1[C@H]3CC[C@H](c4ccc(=O)oc4)[C@@]3(C)CC[C@@H]12. The van der Waals surface area contributed by atoms with Crippen LogP contribution in [0.4, 0.5) is 0 Å². The van der Waals surface area contributed by atoms with E-state index in [4.69, 9.17) is 4.42 Å². The van der Waals surface area contributed by atoms with E-state index in [1.54, 1.807) is 12.3 Å². The van der Waals surface area contributed by atoms with Crippen molar-refractivity contribution in [2.24, 2.45) is 34.5 Å². The van der Waals surface area contributed by atoms with Crippen LogP contribution < -0.4 is 5.63 Å². The molecule has 4 saturated carbocycles. The Morgan fingerprint density at radius 3 is 2.54 bits per heavy atom. The highest BCUT2D eigenvalue weighted by molar-refractivity contribution is 5.22. The fourth-order valence-corrected chi connectivity index (χ4v) is 8.41. The molecule has 0 radical (unpaired) electrons. The third-order valence-electron chi connectivity index (χ3n) is 9.71. The monoisotopic (exact) mass is 354 g/mol. The molecule has 26 heavy (non-hydrogen) atoms. The molecule has 2 heteroatoms. The fraction of sp³-hybridized carbons (Fsp3) is 0.792. The molecule has 5 rings (SSSR count). The summed E-state index contributed by atoms with van der Waals surface area (Å²) >= 11 is 0. The molecule has 0 spiro atoms. The van der Waals surface area contributed by atoms with Gasteiger partial charge in [0.2, 0.25) is 0 Å². The van der Waals surface area contributed by atoms with Crippen molar-refractivity contribution in [1.29, 1.82) is 0 Å². The summed E-state index contributed by atoms with van der Waals surface area (Å²) in [4.78, 5) is 11.4. The molecule has 0 N–H and O–H groups in total. The van der Waals surface area contributed by atoms with Crippen LogP contribution in [0.5, 0.6) is 0 Å². The van der Waals surface area contributed by atoms with Crippen LogP contribution >= 0.6 is 0 Å². The van der Waals surface area contributed by atoms with Gasteiger partial charge in [-0.15, -0.1) is 0 Å². The van der Waals surface area contributed by atoms with Gasteiger partial charge in [-0.25, -0.2) is 4.79 Å². The minimum absolute atomic E-state index is 0.222. The molecule has 4 aliphatic rings. The van der Waals surface area contributed by atoms with E-state index in [1.807, 2.05) is 6.07 Å². The summed E-state index contributed by atoms with van der Waals surface area (Å²) in [5.74, 6) is 4.36. The lowest BCUT2D eigenvalue weighted by Gasteiger charge is -2.60. The zero-order valence-corrected chi connectivity index (χ0v) is 16.5. The Morgan fingerprint density at radius 1 is 0.885 bits per heavy atom. The van der Waals surface area contributed by atoms with Crippen LogP contribution in [-0.4, -0.2) is 0 Å². The first-order valence-electron chi connectivity index (χ1n) is 11.1. The first kappa shape index (κ1) is 17.1. The van der Waals surface area contributed by atoms with E-state index in [0.717, 1.165) is 23.7 Å². The van der Waals surface area contributed by atoms with Gasteiger partial charge < -0.3 is 4.42 Å². The lowest BCUT2D eigenvalue weighted by molar-refractivity contribution is -0.106. The zero-order valence-electron chi connectivity index (χ0n) is 16.5. The van der Waals surface area contributed by atoms with E-state index in [1.165, 1.54) is 69.8 Å². The highest BCUT2D eigenvalue weighted by Gasteiger charge is 2.59. The summed E-state index contributed by atoms with van der Waals surface area (Å²) in [6, 6.07) is 3.65. The molecule has 0 bridgehead atoms. The van der Waals surface area contributed by atoms with E-state index in [9.17, 15) is 4.79 Å². The van der Waals surface area contributed by atoms with Gasteiger partial charge in [0.15, 0.2) is 0 Å². The minimum atomic E-state index is -0.222. The van der Waals surface area contributed by atoms with E-state index in [0.29, 0.717) is 16.7 Å². The van der Waals surface area contributed by atoms with Crippen LogP contribution in [-0.2, 0) is 0 Å². The Balaban J connectivity index is 1.45. The second-order valence-corrected chi connectivity index (χ2v) is 10.5. The van der Waals surface area contributed by atoms with Crippen LogP contribution in [0.2, 0.25) is 0 Å². The highest BCUT2D eigenvalue weighted by Crippen LogP contribution is 2.68. The first-order valence-corrected chi connectivity index (χ1v) is 11.1. The van der Waals surface area contributed by atoms with Gasteiger partial charge >= 0.3 is 5.63 Å². The van der Waals surface area contributed by atoms with Gasteiger partial charge in [-0.3, -0.25) is 0 Å². The Labute approximate surface area is 157 Å². The van der Waals surface area contributed by atoms with Crippen LogP contribution in [0.15, 0.2) is 27.6 Å². The number of hydrogen-bond donors (Lipinski definition) is 0. The van der Waals surface area contributed by atoms with Crippen molar-refractivity contribution in [2.75, 3.05) is 0 Å². The molecule has 1 aromatic rings. The maximum atomic E-state index is 11.4. The quantitative estimate of drug-likeness (QED) is 0.605. The maximum Gasteiger partial charge on any atom is 0.335 e. The maximum absolute atomic E-state index is 11.4.